The molecule has 0 bridgehead atoms. The van der Waals surface area contributed by atoms with Gasteiger partial charge in [-0.05, 0) is 80.2 Å². The lowest BCUT2D eigenvalue weighted by molar-refractivity contribution is 0.146. The van der Waals surface area contributed by atoms with Crippen LogP contribution in [0.4, 0.5) is 5.69 Å². The number of thiocarbonyl (C=S) groups is 1. The van der Waals surface area contributed by atoms with Gasteiger partial charge in [-0.15, -0.1) is 0 Å². The largest absolute Gasteiger partial charge is 0.497 e. The summed E-state index contributed by atoms with van der Waals surface area (Å²) < 4.78 is 18.6. The number of nitrogens with zero attached hydrogens (tertiary/aromatic N) is 3. The van der Waals surface area contributed by atoms with E-state index in [0.29, 0.717) is 29.1 Å². The number of aromatic nitrogens is 2. The highest BCUT2D eigenvalue weighted by molar-refractivity contribution is 7.80. The van der Waals surface area contributed by atoms with Gasteiger partial charge in [-0.3, -0.25) is 4.98 Å². The maximum atomic E-state index is 6.67. The minimum atomic E-state index is -0.172. The quantitative estimate of drug-likeness (QED) is 0.188. The molecule has 1 saturated heterocycles. The number of benzene rings is 2. The highest BCUT2D eigenvalue weighted by Gasteiger charge is 2.42. The Kier molecular flexibility index (Phi) is 8.07. The molecule has 0 unspecified atom stereocenters. The van der Waals surface area contributed by atoms with Crippen LogP contribution in [-0.4, -0.2) is 42.1 Å². The Hall–Kier alpha value is -3.59. The molecule has 2 aromatic carbocycles. The van der Waals surface area contributed by atoms with Crippen LogP contribution in [0.3, 0.4) is 0 Å². The highest BCUT2D eigenvalue weighted by Crippen LogP contribution is 2.45. The molecule has 39 heavy (non-hydrogen) atoms. The highest BCUT2D eigenvalue weighted by atomic mass is 35.5. The number of hydrogen-bond donors (Lipinski definition) is 1. The normalized spacial score (nSPS) is 16.8. The van der Waals surface area contributed by atoms with E-state index in [9.17, 15) is 0 Å². The number of halogens is 1. The van der Waals surface area contributed by atoms with Gasteiger partial charge in [0.25, 0.3) is 0 Å². The molecular formula is C30H31ClN4O3S. The Morgan fingerprint density at radius 1 is 0.974 bits per heavy atom. The van der Waals surface area contributed by atoms with Crippen LogP contribution >= 0.6 is 23.8 Å². The van der Waals surface area contributed by atoms with E-state index < -0.39 is 0 Å². The molecule has 0 spiro atoms. The van der Waals surface area contributed by atoms with Crippen LogP contribution in [0.1, 0.15) is 34.7 Å². The number of anilines is 1. The summed E-state index contributed by atoms with van der Waals surface area (Å²) >= 11 is 12.6. The molecule has 1 aliphatic heterocycles. The first-order valence-corrected chi connectivity index (χ1v) is 13.5. The van der Waals surface area contributed by atoms with Crippen molar-refractivity contribution in [3.63, 3.8) is 0 Å². The van der Waals surface area contributed by atoms with Crippen molar-refractivity contribution in [1.29, 1.82) is 0 Å². The van der Waals surface area contributed by atoms with Crippen LogP contribution in [0, 0.1) is 13.8 Å². The fraction of sp³-hybridized carbons (Fsp3) is 0.267. The molecular weight excluding hydrogens is 532 g/mol. The van der Waals surface area contributed by atoms with E-state index in [1.54, 1.807) is 14.2 Å². The monoisotopic (exact) mass is 562 g/mol. The van der Waals surface area contributed by atoms with Gasteiger partial charge in [0.1, 0.15) is 18.1 Å². The summed E-state index contributed by atoms with van der Waals surface area (Å²) in [5.74, 6) is 1.41. The number of aryl methyl sites for hydroxylation is 1. The molecule has 202 valence electrons. The van der Waals surface area contributed by atoms with Gasteiger partial charge >= 0.3 is 0 Å². The molecule has 9 heteroatoms. The molecule has 5 rings (SSSR count). The lowest BCUT2D eigenvalue weighted by Crippen LogP contribution is -2.29. The van der Waals surface area contributed by atoms with Crippen molar-refractivity contribution in [2.75, 3.05) is 32.3 Å². The van der Waals surface area contributed by atoms with Crippen LogP contribution in [0.25, 0.3) is 5.69 Å². The Morgan fingerprint density at radius 3 is 2.54 bits per heavy atom. The number of rotatable bonds is 9. The maximum Gasteiger partial charge on any atom is 0.174 e. The zero-order chi connectivity index (χ0) is 27.5. The topological polar surface area (TPSA) is 60.8 Å². The van der Waals surface area contributed by atoms with Crippen molar-refractivity contribution in [3.05, 3.63) is 101 Å². The molecule has 7 nitrogen and oxygen atoms in total. The van der Waals surface area contributed by atoms with Crippen molar-refractivity contribution in [3.8, 4) is 17.2 Å². The first-order chi connectivity index (χ1) is 18.9. The second kappa shape index (κ2) is 11.7. The van der Waals surface area contributed by atoms with E-state index in [2.05, 4.69) is 45.7 Å². The molecule has 2 aromatic heterocycles. The maximum absolute atomic E-state index is 6.67. The first kappa shape index (κ1) is 27.0. The summed E-state index contributed by atoms with van der Waals surface area (Å²) in [6, 6.07) is 21.6. The smallest absolute Gasteiger partial charge is 0.174 e. The van der Waals surface area contributed by atoms with Crippen molar-refractivity contribution in [1.82, 2.24) is 14.9 Å². The number of nitrogens with one attached hydrogen (secondary N) is 1. The molecule has 0 aliphatic carbocycles. The van der Waals surface area contributed by atoms with Gasteiger partial charge in [-0.1, -0.05) is 23.7 Å². The fourth-order valence-electron chi connectivity index (χ4n) is 5.17. The third-order valence-electron chi connectivity index (χ3n) is 6.94. The van der Waals surface area contributed by atoms with E-state index in [0.717, 1.165) is 39.8 Å². The van der Waals surface area contributed by atoms with E-state index in [4.69, 9.17) is 38.0 Å². The molecule has 0 saturated carbocycles. The van der Waals surface area contributed by atoms with Crippen molar-refractivity contribution in [2.24, 2.45) is 0 Å². The standard InChI is InChI=1S/C30H31ClN4O3S/c1-19-16-24(20(2)34(19)21-8-7-9-23(17-21)37-4)29-28(26-10-5-6-13-32-26)33-30(39)35(29)22-11-12-27(25(31)18-22)38-15-14-36-3/h5-13,16-18,28-29H,14-15H2,1-4H3,(H,33,39)/t28-,29-/m0/s1. The average Bonchev–Trinajstić information content (AvgIpc) is 3.44. The summed E-state index contributed by atoms with van der Waals surface area (Å²) in [6.07, 6.45) is 1.81. The van der Waals surface area contributed by atoms with Crippen molar-refractivity contribution in [2.45, 2.75) is 25.9 Å². The minimum absolute atomic E-state index is 0.172. The summed E-state index contributed by atoms with van der Waals surface area (Å²) in [5.41, 5.74) is 6.15. The lowest BCUT2D eigenvalue weighted by atomic mass is 9.96. The molecule has 0 amide bonds. The van der Waals surface area contributed by atoms with Gasteiger partial charge in [0, 0.05) is 42.1 Å². The van der Waals surface area contributed by atoms with E-state index in [1.165, 1.54) is 0 Å². The summed E-state index contributed by atoms with van der Waals surface area (Å²) in [6.45, 7) is 5.14. The first-order valence-electron chi connectivity index (χ1n) is 12.7. The number of methoxy groups -OCH3 is 2. The molecule has 0 radical (unpaired) electrons. The third-order valence-corrected chi connectivity index (χ3v) is 7.55. The van der Waals surface area contributed by atoms with E-state index in [-0.39, 0.29) is 12.1 Å². The lowest BCUT2D eigenvalue weighted by Gasteiger charge is -2.28. The van der Waals surface area contributed by atoms with Gasteiger partial charge in [0.15, 0.2) is 5.11 Å². The Bertz CT molecular complexity index is 1480. The Balaban J connectivity index is 1.60. The SMILES string of the molecule is COCCOc1ccc(N2C(=S)N[C@@H](c3ccccn3)[C@@H]2c2cc(C)n(-c3cccc(OC)c3)c2C)cc1Cl. The molecule has 1 fully saturated rings. The van der Waals surface area contributed by atoms with Crippen molar-refractivity contribution < 1.29 is 14.2 Å². The zero-order valence-electron chi connectivity index (χ0n) is 22.3. The van der Waals surface area contributed by atoms with Gasteiger partial charge in [-0.2, -0.15) is 0 Å². The minimum Gasteiger partial charge on any atom is -0.497 e. The van der Waals surface area contributed by atoms with Crippen LogP contribution in [0.2, 0.25) is 5.02 Å². The molecule has 3 heterocycles. The molecule has 1 aliphatic rings. The average molecular weight is 563 g/mol. The zero-order valence-corrected chi connectivity index (χ0v) is 23.9. The fourth-order valence-corrected chi connectivity index (χ4v) is 5.75. The summed E-state index contributed by atoms with van der Waals surface area (Å²) in [4.78, 5) is 6.80. The molecule has 1 N–H and O–H groups in total. The van der Waals surface area contributed by atoms with Crippen LogP contribution in [0.5, 0.6) is 11.5 Å². The Labute approximate surface area is 239 Å². The van der Waals surface area contributed by atoms with Gasteiger partial charge in [0.05, 0.1) is 36.5 Å². The number of hydrogen-bond acceptors (Lipinski definition) is 5. The molecule has 2 atom stereocenters. The van der Waals surface area contributed by atoms with Crippen molar-refractivity contribution >= 4 is 34.6 Å². The van der Waals surface area contributed by atoms with Crippen LogP contribution in [-0.2, 0) is 4.74 Å². The second-order valence-corrected chi connectivity index (χ2v) is 10.1. The summed E-state index contributed by atoms with van der Waals surface area (Å²) in [5, 5.41) is 4.64. The van der Waals surface area contributed by atoms with E-state index in [1.807, 2.05) is 60.8 Å². The third kappa shape index (κ3) is 5.32. The Morgan fingerprint density at radius 2 is 1.82 bits per heavy atom. The predicted molar refractivity (Wildman–Crippen MR) is 159 cm³/mol. The van der Waals surface area contributed by atoms with Crippen LogP contribution < -0.4 is 19.7 Å². The number of ether oxygens (including phenoxy) is 3. The summed E-state index contributed by atoms with van der Waals surface area (Å²) in [7, 11) is 3.32. The number of pyridine rings is 1. The van der Waals surface area contributed by atoms with Gasteiger partial charge < -0.3 is 29.0 Å². The van der Waals surface area contributed by atoms with E-state index >= 15 is 0 Å². The van der Waals surface area contributed by atoms with Gasteiger partial charge in [-0.25, -0.2) is 0 Å². The van der Waals surface area contributed by atoms with Gasteiger partial charge in [0.2, 0.25) is 0 Å². The second-order valence-electron chi connectivity index (χ2n) is 9.32. The van der Waals surface area contributed by atoms with Crippen LogP contribution in [0.15, 0.2) is 72.9 Å². The molecule has 4 aromatic rings. The predicted octanol–water partition coefficient (Wildman–Crippen LogP) is 6.35.